The lowest BCUT2D eigenvalue weighted by atomic mass is 9.86. The molecule has 5 aromatic rings. The van der Waals surface area contributed by atoms with Crippen LogP contribution < -0.4 is 62.9 Å². The van der Waals surface area contributed by atoms with Crippen molar-refractivity contribution in [1.29, 1.82) is 0 Å². The van der Waals surface area contributed by atoms with E-state index in [4.69, 9.17) is 63.1 Å². The molecule has 2 saturated heterocycles. The zero-order chi connectivity index (χ0) is 74.4. The number of carbonyl (C=O) groups excluding carboxylic acids is 7. The summed E-state index contributed by atoms with van der Waals surface area (Å²) in [5.74, 6) is -18.1. The van der Waals surface area contributed by atoms with Gasteiger partial charge in [0.2, 0.25) is 53.4 Å². The molecule has 11 bridgehead atoms. The average molecular weight is 1470 g/mol. The highest BCUT2D eigenvalue weighted by Crippen LogP contribution is 2.51. The molecular weight excluding hydrogens is 1390 g/mol. The number of aromatic hydroxyl groups is 4. The molecule has 22 N–H and O–H groups in total. The molecule has 548 valence electrons. The van der Waals surface area contributed by atoms with E-state index in [-0.39, 0.29) is 29.9 Å². The second kappa shape index (κ2) is 30.3. The van der Waals surface area contributed by atoms with Crippen molar-refractivity contribution >= 4 is 70.5 Å². The van der Waals surface area contributed by atoms with Crippen LogP contribution in [0, 0.1) is 5.92 Å². The van der Waals surface area contributed by atoms with Gasteiger partial charge in [-0.05, 0) is 110 Å². The number of amides is 7. The van der Waals surface area contributed by atoms with Crippen molar-refractivity contribution in [1.82, 2.24) is 37.2 Å². The van der Waals surface area contributed by atoms with E-state index in [2.05, 4.69) is 37.2 Å². The number of primary amides is 1. The van der Waals surface area contributed by atoms with Gasteiger partial charge in [-0.2, -0.15) is 0 Å². The minimum Gasteiger partial charge on any atom is -0.508 e. The van der Waals surface area contributed by atoms with Crippen LogP contribution in [-0.4, -0.2) is 196 Å². The van der Waals surface area contributed by atoms with E-state index >= 15 is 14.4 Å². The van der Waals surface area contributed by atoms with Gasteiger partial charge in [0, 0.05) is 34.7 Å². The normalized spacial score (nSPS) is 29.3. The van der Waals surface area contributed by atoms with Crippen molar-refractivity contribution in [3.8, 4) is 62.9 Å². The number of aliphatic carboxylic acids is 1. The molecule has 0 saturated carbocycles. The highest BCUT2D eigenvalue weighted by Gasteiger charge is 2.52. The first-order valence-electron chi connectivity index (χ1n) is 31.8. The molecular formula is C66H75Cl2N9O25. The summed E-state index contributed by atoms with van der Waals surface area (Å²) in [5, 5.41) is 142. The number of nitrogens with two attached hydrogens (primary N) is 2. The molecule has 0 unspecified atom stereocenters. The summed E-state index contributed by atoms with van der Waals surface area (Å²) in [6, 6.07) is -3.06. The van der Waals surface area contributed by atoms with Gasteiger partial charge in [-0.25, -0.2) is 4.79 Å². The minimum atomic E-state index is -2.41. The molecule has 5 aromatic carbocycles. The van der Waals surface area contributed by atoms with Crippen molar-refractivity contribution in [3.63, 3.8) is 0 Å². The number of halogens is 2. The Labute approximate surface area is 589 Å². The van der Waals surface area contributed by atoms with E-state index in [0.717, 1.165) is 72.8 Å². The summed E-state index contributed by atoms with van der Waals surface area (Å²) in [6.07, 6.45) is -19.2. The number of carbonyl (C=O) groups is 8. The van der Waals surface area contributed by atoms with Gasteiger partial charge in [-0.3, -0.25) is 33.6 Å². The summed E-state index contributed by atoms with van der Waals surface area (Å²) in [6.45, 7) is 5.54. The maximum atomic E-state index is 16.0. The quantitative estimate of drug-likeness (QED) is 0.0726. The van der Waals surface area contributed by atoms with Gasteiger partial charge in [-0.15, -0.1) is 0 Å². The summed E-state index contributed by atoms with van der Waals surface area (Å²) in [7, 11) is 1.44. The van der Waals surface area contributed by atoms with E-state index in [1.165, 1.54) is 20.9 Å². The number of likely N-dealkylation sites (N-methyl/N-ethyl adjacent to an activating group) is 1. The Morgan fingerprint density at radius 2 is 1.37 bits per heavy atom. The summed E-state index contributed by atoms with van der Waals surface area (Å²) < 4.78 is 38.0. The van der Waals surface area contributed by atoms with Crippen LogP contribution in [-0.2, 0) is 52.6 Å². The number of aliphatic hydroxyl groups excluding tert-OH is 6. The number of carboxylic acid groups (broad SMARTS) is 1. The van der Waals surface area contributed by atoms with Gasteiger partial charge in [0.25, 0.3) is 0 Å². The average Bonchev–Trinajstić information content (AvgIpc) is 0.769. The number of carboxylic acids is 1. The smallest absolute Gasteiger partial charge is 0.330 e. The van der Waals surface area contributed by atoms with E-state index in [9.17, 15) is 80.1 Å². The van der Waals surface area contributed by atoms with Crippen LogP contribution in [0.15, 0.2) is 72.8 Å². The third kappa shape index (κ3) is 15.6. The predicted molar refractivity (Wildman–Crippen MR) is 351 cm³/mol. The summed E-state index contributed by atoms with van der Waals surface area (Å²) in [4.78, 5) is 117. The Morgan fingerprint density at radius 1 is 0.716 bits per heavy atom. The number of phenolic OH excluding ortho intramolecular Hbond substituents is 4. The Bertz CT molecular complexity index is 4110. The van der Waals surface area contributed by atoms with Gasteiger partial charge in [0.1, 0.15) is 83.7 Å². The number of nitrogens with one attached hydrogen (secondary N) is 7. The van der Waals surface area contributed by atoms with E-state index in [1.54, 1.807) is 13.8 Å². The van der Waals surface area contributed by atoms with Crippen molar-refractivity contribution in [2.45, 2.75) is 156 Å². The fourth-order valence-corrected chi connectivity index (χ4v) is 13.1. The monoisotopic (exact) mass is 1460 g/mol. The molecule has 0 spiro atoms. The Hall–Kier alpha value is -9.40. The molecule has 7 heterocycles. The largest absolute Gasteiger partial charge is 0.508 e. The van der Waals surface area contributed by atoms with Crippen LogP contribution in [0.25, 0.3) is 11.1 Å². The van der Waals surface area contributed by atoms with Gasteiger partial charge in [-0.1, -0.05) is 49.2 Å². The highest BCUT2D eigenvalue weighted by atomic mass is 35.5. The first-order valence-corrected chi connectivity index (χ1v) is 32.5. The Morgan fingerprint density at radius 3 is 2.01 bits per heavy atom. The molecule has 7 aliphatic heterocycles. The number of phenols is 4. The fraction of sp³-hybridized carbons (Fsp3) is 0.424. The molecule has 36 heteroatoms. The van der Waals surface area contributed by atoms with E-state index in [0.29, 0.717) is 0 Å². The number of hydrogen-bond acceptors (Lipinski definition) is 26. The zero-order valence-corrected chi connectivity index (χ0v) is 56.2. The van der Waals surface area contributed by atoms with Crippen LogP contribution in [0.3, 0.4) is 0 Å². The second-order valence-corrected chi connectivity index (χ2v) is 26.7. The predicted octanol–water partition coefficient (Wildman–Crippen LogP) is -0.188. The minimum absolute atomic E-state index is 0.133. The molecule has 0 aromatic heterocycles. The van der Waals surface area contributed by atoms with Crippen molar-refractivity contribution < 1.29 is 123 Å². The molecule has 2 fully saturated rings. The van der Waals surface area contributed by atoms with E-state index in [1.807, 2.05) is 0 Å². The second-order valence-electron chi connectivity index (χ2n) is 25.9. The van der Waals surface area contributed by atoms with Crippen LogP contribution in [0.4, 0.5) is 0 Å². The van der Waals surface area contributed by atoms with Crippen LogP contribution in [0.2, 0.25) is 10.0 Å². The van der Waals surface area contributed by atoms with Gasteiger partial charge < -0.3 is 133 Å². The third-order valence-corrected chi connectivity index (χ3v) is 18.4. The van der Waals surface area contributed by atoms with E-state index < -0.39 is 259 Å². The lowest BCUT2D eigenvalue weighted by Gasteiger charge is -2.47. The molecule has 0 radical (unpaired) electrons. The number of rotatable bonds is 13. The molecule has 7 amide bonds. The van der Waals surface area contributed by atoms with Crippen LogP contribution >= 0.6 is 23.2 Å². The van der Waals surface area contributed by atoms with Crippen molar-refractivity contribution in [3.05, 3.63) is 111 Å². The van der Waals surface area contributed by atoms with Crippen LogP contribution in [0.1, 0.15) is 105 Å². The first-order chi connectivity index (χ1) is 48.1. The first kappa shape index (κ1) is 75.3. The van der Waals surface area contributed by atoms with Gasteiger partial charge in [0.05, 0.1) is 41.3 Å². The van der Waals surface area contributed by atoms with Crippen molar-refractivity contribution in [2.24, 2.45) is 17.4 Å². The number of fused-ring (bicyclic) bond motifs is 15. The van der Waals surface area contributed by atoms with Gasteiger partial charge >= 0.3 is 5.97 Å². The SMILES string of the molecule is CN[C@H](CC(C)C)C(=O)N[C@H]1C(=O)N[C@@H](CC(N)=O)C(=O)N[C@H]2C(=O)N[C@H]3C(=O)N[C@H](C(=O)N[C@H](C(=O)O)c4cc(O)cc(O)c4-c4cc3ccc4O)[C@H](O)c3ccc(c(Cl)c3)Oc3cc2cc(c3O[C@@H]2O[C@H](CO)[C@@H](O)[C@H](O)[C@H]2O[C@H]2C[C@](C)(N)[C@H](O)[C@H](C)O2)Oc2c(O)cc(cc2Cl)[C@H]1O. The zero-order valence-electron chi connectivity index (χ0n) is 54.7. The topological polar surface area (TPSA) is 551 Å². The van der Waals surface area contributed by atoms with Gasteiger partial charge in [0.15, 0.2) is 41.4 Å². The highest BCUT2D eigenvalue weighted by molar-refractivity contribution is 6.32. The number of aliphatic hydroxyl groups is 6. The summed E-state index contributed by atoms with van der Waals surface area (Å²) >= 11 is 14.0. The molecule has 18 atom stereocenters. The molecule has 34 nitrogen and oxygen atoms in total. The number of ether oxygens (including phenoxy) is 6. The number of hydrogen-bond donors (Lipinski definition) is 20. The number of benzene rings is 5. The van der Waals surface area contributed by atoms with Crippen molar-refractivity contribution in [2.75, 3.05) is 13.7 Å². The molecule has 0 aliphatic carbocycles. The Balaban J connectivity index is 1.25. The lowest BCUT2D eigenvalue weighted by Crippen LogP contribution is -2.64. The molecule has 102 heavy (non-hydrogen) atoms. The Kier molecular flexibility index (Phi) is 22.3. The van der Waals surface area contributed by atoms with Crippen LogP contribution in [0.5, 0.6) is 51.7 Å². The standard InChI is InChI=1S/C66H75Cl2N9O25/c1-22(2)10-33(71-5)58(89)76-49-51(85)27-13-32(68)54(37(82)14-27)99-40-16-26-15-39(55(40)102-65-56(53(87)52(86)41(21-78)100-65)101-43-20-66(4,70)57(88)23(3)97-43)98-38-9-7-25(12-31(38)67)50(84)48-63(94)75-47(64(95)96)30-17-28(79)18-36(81)44(30)29-11-24(6-8-35(29)80)45(60(91)77-48)74-61(92)46(26)73-59(90)34(19-42(69)83)72-62(49)93/h6-9,11-18,22-23,33-34,41,43,45-53,56-57,65,71,78-82,84-88H,10,19-21,70H2,1-5H3,(H2,69,83)(H,72,93)(H,73,90)(H,74,92)(H,75,94)(H,76,89)(H,77,91)(H,95,96)/t23-,33+,34-,41+,43-,45+,46+,47-,48-,49+,50+,51+,52+,53-,56+,57+,65-,66-/m0/s1. The molecule has 7 aliphatic rings. The lowest BCUT2D eigenvalue weighted by molar-refractivity contribution is -0.333. The maximum absolute atomic E-state index is 16.0. The maximum Gasteiger partial charge on any atom is 0.330 e. The third-order valence-electron chi connectivity index (χ3n) is 17.9. The fourth-order valence-electron chi connectivity index (χ4n) is 12.6. The summed E-state index contributed by atoms with van der Waals surface area (Å²) in [5.41, 5.74) is 7.54. The molecule has 12 rings (SSSR count).